The first-order chi connectivity index (χ1) is 11.2. The summed E-state index contributed by atoms with van der Waals surface area (Å²) in [5.41, 5.74) is 0. The summed E-state index contributed by atoms with van der Waals surface area (Å²) in [6.07, 6.45) is 23.5. The van der Waals surface area contributed by atoms with E-state index in [9.17, 15) is 0 Å². The topological polar surface area (TPSA) is 0 Å². The molecule has 1 saturated heterocycles. The van der Waals surface area contributed by atoms with Crippen molar-refractivity contribution in [2.75, 3.05) is 20.1 Å². The molecule has 0 radical (unpaired) electrons. The molecule has 1 nitrogen and oxygen atoms in total. The summed E-state index contributed by atoms with van der Waals surface area (Å²) in [4.78, 5) is 0. The number of hydrogen-bond acceptors (Lipinski definition) is 0. The Kier molecular flexibility index (Phi) is 12.1. The molecule has 23 heavy (non-hydrogen) atoms. The average Bonchev–Trinajstić information content (AvgIpc) is 2.87. The number of nitrogens with zero attached hydrogens (tertiary/aromatic N) is 1. The molecule has 0 aromatic rings. The fourth-order valence-corrected chi connectivity index (χ4v) is 4.28. The lowest BCUT2D eigenvalue weighted by Crippen LogP contribution is -2.47. The van der Waals surface area contributed by atoms with Gasteiger partial charge in [-0.1, -0.05) is 84.0 Å². The first kappa shape index (κ1) is 21.0. The van der Waals surface area contributed by atoms with Crippen LogP contribution in [0.5, 0.6) is 0 Å². The van der Waals surface area contributed by atoms with Crippen LogP contribution in [0.15, 0.2) is 0 Å². The Morgan fingerprint density at radius 2 is 1.13 bits per heavy atom. The number of hydrogen-bond donors (Lipinski definition) is 0. The second-order valence-corrected chi connectivity index (χ2v) is 8.51. The Balaban J connectivity index is 1.77. The first-order valence-electron chi connectivity index (χ1n) is 11.0. The maximum atomic E-state index is 2.49. The lowest BCUT2D eigenvalue weighted by molar-refractivity contribution is -0.919. The van der Waals surface area contributed by atoms with E-state index in [-0.39, 0.29) is 0 Å². The maximum Gasteiger partial charge on any atom is 0.0861 e. The first-order valence-corrected chi connectivity index (χ1v) is 11.0. The lowest BCUT2D eigenvalue weighted by Gasteiger charge is -2.34. The number of unbranched alkanes of at least 4 members (excludes halogenated alkanes) is 13. The number of rotatable bonds is 15. The van der Waals surface area contributed by atoms with Gasteiger partial charge in [0.25, 0.3) is 0 Å². The van der Waals surface area contributed by atoms with E-state index >= 15 is 0 Å². The van der Waals surface area contributed by atoms with Crippen LogP contribution in [0.2, 0.25) is 0 Å². The minimum Gasteiger partial charge on any atom is -0.324 e. The van der Waals surface area contributed by atoms with Gasteiger partial charge in [0.2, 0.25) is 0 Å². The van der Waals surface area contributed by atoms with Gasteiger partial charge < -0.3 is 4.48 Å². The van der Waals surface area contributed by atoms with Crippen LogP contribution in [0.4, 0.5) is 0 Å². The van der Waals surface area contributed by atoms with E-state index in [1.54, 1.807) is 0 Å². The molecule has 1 aliphatic rings. The second kappa shape index (κ2) is 13.3. The summed E-state index contributed by atoms with van der Waals surface area (Å²) in [7, 11) is 2.49. The molecule has 0 aromatic heterocycles. The highest BCUT2D eigenvalue weighted by atomic mass is 15.4. The molecule has 1 aliphatic heterocycles. The van der Waals surface area contributed by atoms with Gasteiger partial charge in [-0.25, -0.2) is 0 Å². The van der Waals surface area contributed by atoms with Gasteiger partial charge in [-0.2, -0.15) is 0 Å². The Labute approximate surface area is 147 Å². The van der Waals surface area contributed by atoms with Crippen molar-refractivity contribution >= 4 is 0 Å². The molecule has 0 saturated carbocycles. The van der Waals surface area contributed by atoms with Crippen molar-refractivity contribution in [2.45, 2.75) is 123 Å². The highest BCUT2D eigenvalue weighted by Crippen LogP contribution is 2.25. The molecule has 1 rings (SSSR count). The van der Waals surface area contributed by atoms with Crippen molar-refractivity contribution in [3.8, 4) is 0 Å². The third-order valence-corrected chi connectivity index (χ3v) is 6.38. The van der Waals surface area contributed by atoms with Crippen molar-refractivity contribution in [1.82, 2.24) is 0 Å². The van der Waals surface area contributed by atoms with E-state index in [4.69, 9.17) is 0 Å². The molecular weight excluding hydrogens is 278 g/mol. The normalized spacial score (nSPS) is 24.4. The molecule has 1 fully saturated rings. The molecular formula is C22H46N+. The van der Waals surface area contributed by atoms with E-state index in [0.29, 0.717) is 0 Å². The smallest absolute Gasteiger partial charge is 0.0861 e. The fraction of sp³-hybridized carbons (Fsp3) is 1.00. The Morgan fingerprint density at radius 3 is 1.52 bits per heavy atom. The van der Waals surface area contributed by atoms with Crippen LogP contribution in [0, 0.1) is 0 Å². The summed E-state index contributed by atoms with van der Waals surface area (Å²) >= 11 is 0. The largest absolute Gasteiger partial charge is 0.324 e. The van der Waals surface area contributed by atoms with E-state index in [1.807, 2.05) is 0 Å². The van der Waals surface area contributed by atoms with Crippen molar-refractivity contribution in [2.24, 2.45) is 0 Å². The molecule has 1 unspecified atom stereocenters. The van der Waals surface area contributed by atoms with Crippen LogP contribution in [-0.4, -0.2) is 30.7 Å². The minimum atomic E-state index is 0.914. The monoisotopic (exact) mass is 324 g/mol. The van der Waals surface area contributed by atoms with E-state index in [2.05, 4.69) is 20.9 Å². The highest BCUT2D eigenvalue weighted by molar-refractivity contribution is 4.62. The zero-order valence-electron chi connectivity index (χ0n) is 16.8. The Morgan fingerprint density at radius 1 is 0.696 bits per heavy atom. The Bertz CT molecular complexity index is 263. The Hall–Kier alpha value is -0.0400. The molecule has 138 valence electrons. The molecule has 0 aromatic carbocycles. The van der Waals surface area contributed by atoms with Gasteiger partial charge in [0, 0.05) is 12.8 Å². The van der Waals surface area contributed by atoms with Gasteiger partial charge in [-0.15, -0.1) is 0 Å². The van der Waals surface area contributed by atoms with Crippen LogP contribution >= 0.6 is 0 Å². The van der Waals surface area contributed by atoms with E-state index < -0.39 is 0 Å². The van der Waals surface area contributed by atoms with E-state index in [0.717, 1.165) is 6.04 Å². The molecule has 1 heteroatoms. The van der Waals surface area contributed by atoms with E-state index in [1.165, 1.54) is 120 Å². The van der Waals surface area contributed by atoms with Gasteiger partial charge >= 0.3 is 0 Å². The average molecular weight is 325 g/mol. The standard InChI is InChI=1S/C22H46N/c1-4-5-6-7-8-9-10-11-12-13-14-15-16-17-20-23(3)21-18-19-22(23)2/h22H,4-21H2,1-3H3/q+1/t22-,23?/m1/s1. The second-order valence-electron chi connectivity index (χ2n) is 8.51. The summed E-state index contributed by atoms with van der Waals surface area (Å²) in [6, 6.07) is 0.914. The maximum absolute atomic E-state index is 2.49. The van der Waals surface area contributed by atoms with Crippen LogP contribution in [0.3, 0.4) is 0 Å². The third kappa shape index (κ3) is 9.75. The molecule has 0 N–H and O–H groups in total. The highest BCUT2D eigenvalue weighted by Gasteiger charge is 2.33. The van der Waals surface area contributed by atoms with Gasteiger partial charge in [-0.3, -0.25) is 0 Å². The minimum absolute atomic E-state index is 0.914. The van der Waals surface area contributed by atoms with Gasteiger partial charge in [-0.05, 0) is 19.8 Å². The summed E-state index contributed by atoms with van der Waals surface area (Å²) in [5.74, 6) is 0. The van der Waals surface area contributed by atoms with Gasteiger partial charge in [0.1, 0.15) is 0 Å². The van der Waals surface area contributed by atoms with Gasteiger partial charge in [0.05, 0.1) is 26.2 Å². The van der Waals surface area contributed by atoms with Crippen molar-refractivity contribution < 1.29 is 4.48 Å². The summed E-state index contributed by atoms with van der Waals surface area (Å²) in [5, 5.41) is 0. The zero-order valence-corrected chi connectivity index (χ0v) is 16.8. The number of quaternary nitrogens is 1. The SMILES string of the molecule is CCCCCCCCCCCCCCCC[N+]1(C)CCC[C@H]1C. The fourth-order valence-electron chi connectivity index (χ4n) is 4.28. The quantitative estimate of drug-likeness (QED) is 0.223. The van der Waals surface area contributed by atoms with Crippen LogP contribution in [0.25, 0.3) is 0 Å². The molecule has 0 spiro atoms. The van der Waals surface area contributed by atoms with Crippen LogP contribution in [-0.2, 0) is 0 Å². The molecule has 2 atom stereocenters. The summed E-state index contributed by atoms with van der Waals surface area (Å²) < 4.78 is 1.36. The molecule has 0 amide bonds. The van der Waals surface area contributed by atoms with Gasteiger partial charge in [0.15, 0.2) is 0 Å². The zero-order chi connectivity index (χ0) is 16.8. The molecule has 0 aliphatic carbocycles. The predicted octanol–water partition coefficient (Wildman–Crippen LogP) is 7.10. The van der Waals surface area contributed by atoms with Crippen molar-refractivity contribution in [3.05, 3.63) is 0 Å². The third-order valence-electron chi connectivity index (χ3n) is 6.38. The van der Waals surface area contributed by atoms with Crippen LogP contribution in [0.1, 0.15) is 117 Å². The molecule has 1 heterocycles. The predicted molar refractivity (Wildman–Crippen MR) is 105 cm³/mol. The van der Waals surface area contributed by atoms with Crippen molar-refractivity contribution in [1.29, 1.82) is 0 Å². The summed E-state index contributed by atoms with van der Waals surface area (Å²) in [6.45, 7) is 7.62. The van der Waals surface area contributed by atoms with Crippen LogP contribution < -0.4 is 0 Å². The molecule has 0 bridgehead atoms. The van der Waals surface area contributed by atoms with Crippen molar-refractivity contribution in [3.63, 3.8) is 0 Å². The number of likely N-dealkylation sites (tertiary alicyclic amines) is 1. The lowest BCUT2D eigenvalue weighted by atomic mass is 10.0.